The van der Waals surface area contributed by atoms with Crippen molar-refractivity contribution in [2.75, 3.05) is 0 Å². The Bertz CT molecular complexity index is 797. The first-order valence-electron chi connectivity index (χ1n) is 7.12. The van der Waals surface area contributed by atoms with Gasteiger partial charge < -0.3 is 4.74 Å². The summed E-state index contributed by atoms with van der Waals surface area (Å²) in [4.78, 5) is 16.0. The lowest BCUT2D eigenvalue weighted by Gasteiger charge is -2.01. The summed E-state index contributed by atoms with van der Waals surface area (Å²) in [5.41, 5.74) is 1.61. The molecule has 0 spiro atoms. The summed E-state index contributed by atoms with van der Waals surface area (Å²) in [6.45, 7) is 0. The van der Waals surface area contributed by atoms with E-state index in [9.17, 15) is 9.18 Å². The minimum absolute atomic E-state index is 0.232. The molecule has 0 amide bonds. The van der Waals surface area contributed by atoms with E-state index in [1.54, 1.807) is 48.5 Å². The van der Waals surface area contributed by atoms with Crippen molar-refractivity contribution in [2.45, 2.75) is 12.8 Å². The van der Waals surface area contributed by atoms with Crippen LogP contribution in [-0.2, 0) is 16.0 Å². The van der Waals surface area contributed by atoms with Gasteiger partial charge in [0, 0.05) is 11.4 Å². The Morgan fingerprint density at radius 3 is 2.57 bits per heavy atom. The zero-order valence-corrected chi connectivity index (χ0v) is 12.9. The molecule has 1 aliphatic heterocycles. The molecule has 3 nitrogen and oxygen atoms in total. The molecule has 0 unspecified atom stereocenters. The number of carbonyl (C=O) groups excluding carboxylic acids is 1. The summed E-state index contributed by atoms with van der Waals surface area (Å²) in [5, 5.41) is 0.621. The van der Waals surface area contributed by atoms with E-state index in [-0.39, 0.29) is 11.5 Å². The predicted molar refractivity (Wildman–Crippen MR) is 87.7 cm³/mol. The van der Waals surface area contributed by atoms with Gasteiger partial charge in [-0.15, -0.1) is 0 Å². The number of ether oxygens (including phenoxy) is 1. The van der Waals surface area contributed by atoms with Crippen LogP contribution in [0.1, 0.15) is 17.5 Å². The van der Waals surface area contributed by atoms with Crippen LogP contribution in [-0.4, -0.2) is 11.9 Å². The third-order valence-corrected chi connectivity index (χ3v) is 3.66. The van der Waals surface area contributed by atoms with Gasteiger partial charge >= 0.3 is 5.97 Å². The van der Waals surface area contributed by atoms with Crippen molar-refractivity contribution in [1.29, 1.82) is 0 Å². The third kappa shape index (κ3) is 3.85. The Labute approximate surface area is 138 Å². The average Bonchev–Trinajstić information content (AvgIpc) is 2.89. The molecule has 2 aromatic rings. The van der Waals surface area contributed by atoms with E-state index in [2.05, 4.69) is 4.99 Å². The van der Waals surface area contributed by atoms with Gasteiger partial charge in [0.05, 0.1) is 0 Å². The number of aryl methyl sites for hydroxylation is 1. The van der Waals surface area contributed by atoms with Crippen LogP contribution < -0.4 is 0 Å². The molecule has 0 N–H and O–H groups in total. The fourth-order valence-electron chi connectivity index (χ4n) is 2.22. The summed E-state index contributed by atoms with van der Waals surface area (Å²) < 4.78 is 18.7. The lowest BCUT2D eigenvalue weighted by Crippen LogP contribution is -2.05. The molecule has 116 valence electrons. The lowest BCUT2D eigenvalue weighted by molar-refractivity contribution is -0.130. The van der Waals surface area contributed by atoms with Gasteiger partial charge in [-0.3, -0.25) is 0 Å². The standard InChI is InChI=1S/C18H13ClFNO2/c19-14-8-5-12(6-9-14)11-16-18(22)23-17(21-16)10-7-13-3-1-2-4-15(13)20/h1-6,8-9,11H,7,10H2/b16-11+. The zero-order valence-electron chi connectivity index (χ0n) is 12.1. The van der Waals surface area contributed by atoms with Crippen LogP contribution in [0.5, 0.6) is 0 Å². The predicted octanol–water partition coefficient (Wildman–Crippen LogP) is 4.41. The minimum atomic E-state index is -0.497. The first-order valence-corrected chi connectivity index (χ1v) is 7.50. The van der Waals surface area contributed by atoms with Gasteiger partial charge in [-0.05, 0) is 41.8 Å². The van der Waals surface area contributed by atoms with Crippen molar-refractivity contribution in [3.8, 4) is 0 Å². The number of rotatable bonds is 4. The molecule has 0 bridgehead atoms. The van der Waals surface area contributed by atoms with E-state index < -0.39 is 5.97 Å². The van der Waals surface area contributed by atoms with Gasteiger partial charge in [-0.2, -0.15) is 0 Å². The number of benzene rings is 2. The maximum absolute atomic E-state index is 13.6. The van der Waals surface area contributed by atoms with Crippen molar-refractivity contribution in [2.24, 2.45) is 4.99 Å². The van der Waals surface area contributed by atoms with Gasteiger partial charge in [-0.25, -0.2) is 14.2 Å². The van der Waals surface area contributed by atoms with Gasteiger partial charge in [0.15, 0.2) is 11.6 Å². The normalized spacial score (nSPS) is 15.7. The highest BCUT2D eigenvalue weighted by atomic mass is 35.5. The second-order valence-electron chi connectivity index (χ2n) is 5.07. The molecule has 0 atom stereocenters. The van der Waals surface area contributed by atoms with E-state index in [1.807, 2.05) is 0 Å². The van der Waals surface area contributed by atoms with Gasteiger partial charge in [0.25, 0.3) is 0 Å². The van der Waals surface area contributed by atoms with Crippen molar-refractivity contribution >= 4 is 29.5 Å². The monoisotopic (exact) mass is 329 g/mol. The molecule has 5 heteroatoms. The van der Waals surface area contributed by atoms with Gasteiger partial charge in [-0.1, -0.05) is 41.9 Å². The molecule has 2 aromatic carbocycles. The summed E-state index contributed by atoms with van der Waals surface area (Å²) in [7, 11) is 0. The number of halogens is 2. The van der Waals surface area contributed by atoms with Gasteiger partial charge in [0.1, 0.15) is 5.82 Å². The van der Waals surface area contributed by atoms with Crippen LogP contribution in [0.4, 0.5) is 4.39 Å². The number of esters is 1. The molecule has 1 heterocycles. The Morgan fingerprint density at radius 2 is 1.83 bits per heavy atom. The van der Waals surface area contributed by atoms with Crippen LogP contribution in [0.25, 0.3) is 6.08 Å². The number of hydrogen-bond donors (Lipinski definition) is 0. The van der Waals surface area contributed by atoms with Crippen LogP contribution in [0.2, 0.25) is 5.02 Å². The third-order valence-electron chi connectivity index (χ3n) is 3.40. The minimum Gasteiger partial charge on any atom is -0.407 e. The summed E-state index contributed by atoms with van der Waals surface area (Å²) in [5.74, 6) is -0.462. The molecule has 0 aromatic heterocycles. The Hall–Kier alpha value is -2.46. The van der Waals surface area contributed by atoms with Crippen LogP contribution >= 0.6 is 11.6 Å². The van der Waals surface area contributed by atoms with E-state index in [4.69, 9.17) is 16.3 Å². The SMILES string of the molecule is O=C1OC(CCc2ccccc2F)=N/C1=C/c1ccc(Cl)cc1. The summed E-state index contributed by atoms with van der Waals surface area (Å²) in [6, 6.07) is 13.6. The van der Waals surface area contributed by atoms with E-state index >= 15 is 0 Å². The maximum Gasteiger partial charge on any atom is 0.363 e. The Kier molecular flexibility index (Phi) is 4.53. The molecular formula is C18H13ClFNO2. The zero-order chi connectivity index (χ0) is 16.2. The fraction of sp³-hybridized carbons (Fsp3) is 0.111. The summed E-state index contributed by atoms with van der Waals surface area (Å²) >= 11 is 5.82. The lowest BCUT2D eigenvalue weighted by atomic mass is 10.1. The largest absolute Gasteiger partial charge is 0.407 e. The fourth-order valence-corrected chi connectivity index (χ4v) is 2.35. The highest BCUT2D eigenvalue weighted by Crippen LogP contribution is 2.19. The highest BCUT2D eigenvalue weighted by Gasteiger charge is 2.22. The van der Waals surface area contributed by atoms with Crippen LogP contribution in [0, 0.1) is 5.82 Å². The quantitative estimate of drug-likeness (QED) is 0.615. The number of hydrogen-bond acceptors (Lipinski definition) is 3. The molecule has 0 saturated heterocycles. The van der Waals surface area contributed by atoms with Crippen LogP contribution in [0.3, 0.4) is 0 Å². The Morgan fingerprint density at radius 1 is 1.09 bits per heavy atom. The first kappa shape index (κ1) is 15.4. The highest BCUT2D eigenvalue weighted by molar-refractivity contribution is 6.30. The second-order valence-corrected chi connectivity index (χ2v) is 5.50. The van der Waals surface area contributed by atoms with E-state index in [1.165, 1.54) is 6.07 Å². The smallest absolute Gasteiger partial charge is 0.363 e. The molecule has 0 radical (unpaired) electrons. The Balaban J connectivity index is 1.71. The molecule has 1 aliphatic rings. The average molecular weight is 330 g/mol. The number of carbonyl (C=O) groups is 1. The van der Waals surface area contributed by atoms with Crippen molar-refractivity contribution in [1.82, 2.24) is 0 Å². The molecule has 23 heavy (non-hydrogen) atoms. The molecule has 0 saturated carbocycles. The summed E-state index contributed by atoms with van der Waals surface area (Å²) in [6.07, 6.45) is 2.42. The second kappa shape index (κ2) is 6.75. The maximum atomic E-state index is 13.6. The number of aliphatic imine (C=N–C) groups is 1. The molecular weight excluding hydrogens is 317 g/mol. The topological polar surface area (TPSA) is 38.7 Å². The molecule has 0 fully saturated rings. The van der Waals surface area contributed by atoms with E-state index in [0.717, 1.165) is 5.56 Å². The molecule has 3 rings (SSSR count). The number of cyclic esters (lactones) is 1. The molecule has 0 aliphatic carbocycles. The van der Waals surface area contributed by atoms with Crippen molar-refractivity contribution in [3.63, 3.8) is 0 Å². The van der Waals surface area contributed by atoms with Gasteiger partial charge in [0.2, 0.25) is 0 Å². The van der Waals surface area contributed by atoms with Crippen LogP contribution in [0.15, 0.2) is 59.2 Å². The van der Waals surface area contributed by atoms with Crippen molar-refractivity contribution in [3.05, 3.63) is 76.2 Å². The number of nitrogens with zero attached hydrogens (tertiary/aromatic N) is 1. The van der Waals surface area contributed by atoms with Crippen molar-refractivity contribution < 1.29 is 13.9 Å². The van der Waals surface area contributed by atoms with E-state index in [0.29, 0.717) is 29.3 Å². The first-order chi connectivity index (χ1) is 11.1.